The van der Waals surface area contributed by atoms with Gasteiger partial charge in [0.25, 0.3) is 0 Å². The van der Waals surface area contributed by atoms with Crippen LogP contribution in [0.15, 0.2) is 90.1 Å². The summed E-state index contributed by atoms with van der Waals surface area (Å²) in [6, 6.07) is 25.5. The number of nitrogens with one attached hydrogen (secondary N) is 1. The number of H-pyrrole nitrogens is 1. The van der Waals surface area contributed by atoms with Crippen molar-refractivity contribution in [2.24, 2.45) is 0 Å². The summed E-state index contributed by atoms with van der Waals surface area (Å²) >= 11 is 1.34. The SMILES string of the molecule is O=C(CSc1nc(-c2ccccc2)c(-c2ccccc2)[nH]1)c1ccc(F)cc1. The molecule has 1 aromatic heterocycles. The molecule has 0 saturated carbocycles. The maximum absolute atomic E-state index is 13.0. The van der Waals surface area contributed by atoms with Gasteiger partial charge in [0.1, 0.15) is 5.82 Å². The van der Waals surface area contributed by atoms with Gasteiger partial charge in [-0.25, -0.2) is 9.37 Å². The van der Waals surface area contributed by atoms with Crippen molar-refractivity contribution in [2.45, 2.75) is 5.16 Å². The van der Waals surface area contributed by atoms with Crippen LogP contribution in [-0.4, -0.2) is 21.5 Å². The highest BCUT2D eigenvalue weighted by molar-refractivity contribution is 7.99. The number of aromatic amines is 1. The quantitative estimate of drug-likeness (QED) is 0.332. The fourth-order valence-electron chi connectivity index (χ4n) is 2.89. The van der Waals surface area contributed by atoms with Crippen LogP contribution in [0.3, 0.4) is 0 Å². The molecule has 0 radical (unpaired) electrons. The minimum atomic E-state index is -0.352. The van der Waals surface area contributed by atoms with Gasteiger partial charge >= 0.3 is 0 Å². The first-order chi connectivity index (χ1) is 13.7. The van der Waals surface area contributed by atoms with Crippen LogP contribution >= 0.6 is 11.8 Å². The molecule has 0 atom stereocenters. The first-order valence-electron chi connectivity index (χ1n) is 8.83. The molecule has 0 spiro atoms. The lowest BCUT2D eigenvalue weighted by molar-refractivity contribution is 0.102. The first-order valence-corrected chi connectivity index (χ1v) is 9.82. The van der Waals surface area contributed by atoms with Gasteiger partial charge < -0.3 is 4.98 Å². The summed E-state index contributed by atoms with van der Waals surface area (Å²) < 4.78 is 13.0. The number of thioether (sulfide) groups is 1. The third-order valence-electron chi connectivity index (χ3n) is 4.30. The number of aromatic nitrogens is 2. The molecule has 0 unspecified atom stereocenters. The monoisotopic (exact) mass is 388 g/mol. The Balaban J connectivity index is 1.60. The van der Waals surface area contributed by atoms with Gasteiger partial charge in [0.15, 0.2) is 10.9 Å². The predicted octanol–water partition coefficient (Wildman–Crippen LogP) is 5.86. The Morgan fingerprint density at radius 1 is 0.857 bits per heavy atom. The Bertz CT molecular complexity index is 1020. The molecule has 3 nitrogen and oxygen atoms in total. The minimum absolute atomic E-state index is 0.0658. The summed E-state index contributed by atoms with van der Waals surface area (Å²) in [6.45, 7) is 0. The van der Waals surface area contributed by atoms with Crippen LogP contribution in [0.25, 0.3) is 22.5 Å². The van der Waals surface area contributed by atoms with Crippen molar-refractivity contribution in [1.82, 2.24) is 9.97 Å². The maximum Gasteiger partial charge on any atom is 0.173 e. The number of Topliss-reactive ketones (excluding diaryl/α,β-unsaturated/α-hetero) is 1. The molecule has 0 fully saturated rings. The van der Waals surface area contributed by atoms with Gasteiger partial charge in [0.2, 0.25) is 0 Å². The third-order valence-corrected chi connectivity index (χ3v) is 5.17. The summed E-state index contributed by atoms with van der Waals surface area (Å²) in [5.74, 6) is -0.194. The summed E-state index contributed by atoms with van der Waals surface area (Å²) in [5.41, 5.74) is 4.30. The van der Waals surface area contributed by atoms with Crippen LogP contribution in [0.4, 0.5) is 4.39 Å². The lowest BCUT2D eigenvalue weighted by atomic mass is 10.1. The van der Waals surface area contributed by atoms with Crippen LogP contribution in [0, 0.1) is 5.82 Å². The maximum atomic E-state index is 13.0. The Kier molecular flexibility index (Phi) is 5.35. The number of carbonyl (C=O) groups excluding carboxylic acids is 1. The Labute approximate surface area is 166 Å². The molecule has 0 amide bonds. The molecule has 4 aromatic rings. The second-order valence-corrected chi connectivity index (χ2v) is 7.18. The molecule has 138 valence electrons. The molecule has 4 rings (SSSR count). The van der Waals surface area contributed by atoms with E-state index in [4.69, 9.17) is 4.98 Å². The Morgan fingerprint density at radius 3 is 2.11 bits per heavy atom. The summed E-state index contributed by atoms with van der Waals surface area (Å²) in [4.78, 5) is 20.5. The van der Waals surface area contributed by atoms with Gasteiger partial charge in [-0.1, -0.05) is 72.4 Å². The smallest absolute Gasteiger partial charge is 0.173 e. The largest absolute Gasteiger partial charge is 0.332 e. The number of carbonyl (C=O) groups is 1. The van der Waals surface area contributed by atoms with E-state index in [1.165, 1.54) is 36.0 Å². The van der Waals surface area contributed by atoms with Crippen LogP contribution in [0.5, 0.6) is 0 Å². The number of nitrogens with zero attached hydrogens (tertiary/aromatic N) is 1. The molecule has 0 aliphatic rings. The summed E-state index contributed by atoms with van der Waals surface area (Å²) in [6.07, 6.45) is 0. The number of imidazole rings is 1. The number of ketones is 1. The molecule has 1 N–H and O–H groups in total. The second kappa shape index (κ2) is 8.23. The van der Waals surface area contributed by atoms with E-state index in [0.29, 0.717) is 10.7 Å². The van der Waals surface area contributed by atoms with Crippen molar-refractivity contribution in [1.29, 1.82) is 0 Å². The van der Waals surface area contributed by atoms with Crippen molar-refractivity contribution in [3.63, 3.8) is 0 Å². The van der Waals surface area contributed by atoms with Crippen molar-refractivity contribution in [2.75, 3.05) is 5.75 Å². The summed E-state index contributed by atoms with van der Waals surface area (Å²) in [5, 5.41) is 0.674. The van der Waals surface area contributed by atoms with Gasteiger partial charge in [0.05, 0.1) is 17.1 Å². The lowest BCUT2D eigenvalue weighted by Crippen LogP contribution is -2.02. The number of rotatable bonds is 6. The molecule has 3 aromatic carbocycles. The van der Waals surface area contributed by atoms with E-state index in [2.05, 4.69) is 4.98 Å². The number of hydrogen-bond acceptors (Lipinski definition) is 3. The van der Waals surface area contributed by atoms with Crippen molar-refractivity contribution >= 4 is 17.5 Å². The third kappa shape index (κ3) is 4.05. The first kappa shape index (κ1) is 18.2. The average molecular weight is 388 g/mol. The number of benzene rings is 3. The van der Waals surface area contributed by atoms with E-state index < -0.39 is 0 Å². The minimum Gasteiger partial charge on any atom is -0.332 e. The zero-order valence-corrected chi connectivity index (χ0v) is 15.7. The fourth-order valence-corrected chi connectivity index (χ4v) is 3.66. The fraction of sp³-hybridized carbons (Fsp3) is 0.0435. The van der Waals surface area contributed by atoms with E-state index in [9.17, 15) is 9.18 Å². The van der Waals surface area contributed by atoms with Crippen LogP contribution < -0.4 is 0 Å². The van der Waals surface area contributed by atoms with Crippen LogP contribution in [0.1, 0.15) is 10.4 Å². The zero-order chi connectivity index (χ0) is 19.3. The molecule has 28 heavy (non-hydrogen) atoms. The van der Waals surface area contributed by atoms with Crippen molar-refractivity contribution in [3.8, 4) is 22.5 Å². The highest BCUT2D eigenvalue weighted by Crippen LogP contribution is 2.32. The van der Waals surface area contributed by atoms with E-state index >= 15 is 0 Å². The van der Waals surface area contributed by atoms with E-state index in [1.807, 2.05) is 60.7 Å². The highest BCUT2D eigenvalue weighted by Gasteiger charge is 2.15. The molecule has 5 heteroatoms. The number of halogens is 1. The average Bonchev–Trinajstić information content (AvgIpc) is 3.18. The highest BCUT2D eigenvalue weighted by atomic mass is 32.2. The van der Waals surface area contributed by atoms with E-state index in [-0.39, 0.29) is 17.4 Å². The van der Waals surface area contributed by atoms with Gasteiger partial charge in [-0.3, -0.25) is 4.79 Å². The van der Waals surface area contributed by atoms with Crippen LogP contribution in [-0.2, 0) is 0 Å². The van der Waals surface area contributed by atoms with Crippen LogP contribution in [0.2, 0.25) is 0 Å². The molecular weight excluding hydrogens is 371 g/mol. The summed E-state index contributed by atoms with van der Waals surface area (Å²) in [7, 11) is 0. The lowest BCUT2D eigenvalue weighted by Gasteiger charge is -2.02. The molecular formula is C23H17FN2OS. The Hall–Kier alpha value is -3.18. The molecule has 0 aliphatic heterocycles. The molecule has 0 bridgehead atoms. The standard InChI is InChI=1S/C23H17FN2OS/c24-19-13-11-16(12-14-19)20(27)15-28-23-25-21(17-7-3-1-4-8-17)22(26-23)18-9-5-2-6-10-18/h1-14H,15H2,(H,25,26). The van der Waals surface area contributed by atoms with Gasteiger partial charge in [-0.05, 0) is 24.3 Å². The van der Waals surface area contributed by atoms with Gasteiger partial charge in [-0.15, -0.1) is 0 Å². The van der Waals surface area contributed by atoms with Gasteiger partial charge in [0, 0.05) is 16.7 Å². The number of hydrogen-bond donors (Lipinski definition) is 1. The zero-order valence-electron chi connectivity index (χ0n) is 14.9. The normalized spacial score (nSPS) is 10.8. The Morgan fingerprint density at radius 2 is 1.46 bits per heavy atom. The predicted molar refractivity (Wildman–Crippen MR) is 111 cm³/mol. The van der Waals surface area contributed by atoms with E-state index in [1.54, 1.807) is 0 Å². The molecule has 0 saturated heterocycles. The van der Waals surface area contributed by atoms with Crippen molar-refractivity contribution < 1.29 is 9.18 Å². The molecule has 0 aliphatic carbocycles. The van der Waals surface area contributed by atoms with E-state index in [0.717, 1.165) is 22.5 Å². The molecule has 1 heterocycles. The van der Waals surface area contributed by atoms with Gasteiger partial charge in [-0.2, -0.15) is 0 Å². The second-order valence-electron chi connectivity index (χ2n) is 6.22. The topological polar surface area (TPSA) is 45.8 Å². The van der Waals surface area contributed by atoms with Crippen molar-refractivity contribution in [3.05, 3.63) is 96.3 Å².